The van der Waals surface area contributed by atoms with Gasteiger partial charge in [-0.25, -0.2) is 9.88 Å². The van der Waals surface area contributed by atoms with E-state index in [2.05, 4.69) is 17.1 Å². The second kappa shape index (κ2) is 6.77. The number of benzene rings is 1. The van der Waals surface area contributed by atoms with Crippen LogP contribution in [0.15, 0.2) is 48.7 Å². The first-order valence-electron chi connectivity index (χ1n) is 11.5. The fourth-order valence-corrected chi connectivity index (χ4v) is 6.95. The number of Topliss-reactive ketones (excluding diaryl/α,β-unsaturated/α-hetero) is 1. The summed E-state index contributed by atoms with van der Waals surface area (Å²) in [4.78, 5) is 45.1. The number of carbonyl (C=O) groups is 3. The molecule has 1 saturated heterocycles. The lowest BCUT2D eigenvalue weighted by Gasteiger charge is -2.37. The van der Waals surface area contributed by atoms with Crippen LogP contribution < -0.4 is 4.90 Å². The fraction of sp³-hybridized carbons (Fsp3) is 0.385. The Morgan fingerprint density at radius 2 is 1.61 bits per heavy atom. The Hall–Kier alpha value is -2.50. The van der Waals surface area contributed by atoms with E-state index in [-0.39, 0.29) is 53.1 Å². The fourth-order valence-electron chi connectivity index (χ4n) is 6.65. The molecule has 2 amide bonds. The van der Waals surface area contributed by atoms with Crippen molar-refractivity contribution < 1.29 is 14.4 Å². The Balaban J connectivity index is 1.09. The van der Waals surface area contributed by atoms with Crippen molar-refractivity contribution in [1.82, 2.24) is 4.98 Å². The third-order valence-corrected chi connectivity index (χ3v) is 9.16. The van der Waals surface area contributed by atoms with Crippen molar-refractivity contribution in [2.45, 2.75) is 18.8 Å². The summed E-state index contributed by atoms with van der Waals surface area (Å²) < 4.78 is 0. The summed E-state index contributed by atoms with van der Waals surface area (Å²) in [6.07, 6.45) is 7.93. The van der Waals surface area contributed by atoms with Gasteiger partial charge in [0.15, 0.2) is 5.78 Å². The van der Waals surface area contributed by atoms with Crippen LogP contribution in [0.2, 0.25) is 10.0 Å². The summed E-state index contributed by atoms with van der Waals surface area (Å²) in [7, 11) is 0. The number of halogens is 2. The topological polar surface area (TPSA) is 67.3 Å². The summed E-state index contributed by atoms with van der Waals surface area (Å²) in [5, 5.41) is 0.791. The molecule has 3 saturated carbocycles. The number of ketones is 1. The van der Waals surface area contributed by atoms with E-state index in [4.69, 9.17) is 23.2 Å². The molecule has 8 rings (SSSR count). The minimum atomic E-state index is -0.227. The van der Waals surface area contributed by atoms with Crippen molar-refractivity contribution in [2.24, 2.45) is 41.4 Å². The molecule has 0 spiro atoms. The van der Waals surface area contributed by atoms with Crippen molar-refractivity contribution in [3.05, 3.63) is 69.9 Å². The van der Waals surface area contributed by atoms with E-state index >= 15 is 0 Å². The van der Waals surface area contributed by atoms with Gasteiger partial charge in [0.1, 0.15) is 5.82 Å². The Labute approximate surface area is 200 Å². The van der Waals surface area contributed by atoms with Gasteiger partial charge >= 0.3 is 0 Å². The van der Waals surface area contributed by atoms with Gasteiger partial charge in [-0.05, 0) is 72.3 Å². The molecule has 33 heavy (non-hydrogen) atoms. The van der Waals surface area contributed by atoms with Gasteiger partial charge < -0.3 is 0 Å². The van der Waals surface area contributed by atoms with Gasteiger partial charge in [-0.3, -0.25) is 14.4 Å². The average Bonchev–Trinajstić information content (AvgIpc) is 3.74. The number of nitrogens with zero attached hydrogens (tertiary/aromatic N) is 2. The predicted molar refractivity (Wildman–Crippen MR) is 123 cm³/mol. The molecule has 1 aromatic heterocycles. The van der Waals surface area contributed by atoms with E-state index in [0.717, 1.165) is 18.4 Å². The van der Waals surface area contributed by atoms with Gasteiger partial charge in [0.05, 0.1) is 21.9 Å². The van der Waals surface area contributed by atoms with E-state index in [1.807, 2.05) is 6.07 Å². The van der Waals surface area contributed by atoms with Crippen molar-refractivity contribution >= 4 is 46.6 Å². The molecule has 8 atom stereocenters. The number of rotatable bonds is 4. The van der Waals surface area contributed by atoms with Crippen LogP contribution in [0.25, 0.3) is 0 Å². The van der Waals surface area contributed by atoms with Gasteiger partial charge in [-0.2, -0.15) is 0 Å². The predicted octanol–water partition coefficient (Wildman–Crippen LogP) is 4.93. The Kier molecular flexibility index (Phi) is 4.09. The van der Waals surface area contributed by atoms with Gasteiger partial charge in [0, 0.05) is 17.7 Å². The molecule has 4 fully saturated rings. The number of pyridine rings is 1. The molecular weight excluding hydrogens is 459 g/mol. The van der Waals surface area contributed by atoms with Crippen LogP contribution in [0.4, 0.5) is 5.82 Å². The minimum Gasteiger partial charge on any atom is -0.294 e. The number of hydrogen-bond acceptors (Lipinski definition) is 4. The first-order chi connectivity index (χ1) is 15.9. The summed E-state index contributed by atoms with van der Waals surface area (Å²) in [5.41, 5.74) is 1.50. The maximum absolute atomic E-state index is 13.3. The van der Waals surface area contributed by atoms with Gasteiger partial charge in [-0.15, -0.1) is 0 Å². The highest BCUT2D eigenvalue weighted by molar-refractivity contribution is 6.42. The Morgan fingerprint density at radius 3 is 2.21 bits per heavy atom. The van der Waals surface area contributed by atoms with Crippen molar-refractivity contribution in [2.75, 3.05) is 4.90 Å². The van der Waals surface area contributed by atoms with E-state index in [1.54, 1.807) is 30.5 Å². The van der Waals surface area contributed by atoms with Gasteiger partial charge in [0.25, 0.3) is 0 Å². The molecule has 6 aliphatic rings. The van der Waals surface area contributed by atoms with Crippen molar-refractivity contribution in [3.63, 3.8) is 0 Å². The first kappa shape index (κ1) is 19.9. The number of carbonyl (C=O) groups excluding carboxylic acids is 3. The van der Waals surface area contributed by atoms with E-state index in [0.29, 0.717) is 33.3 Å². The number of aromatic nitrogens is 1. The number of anilines is 1. The number of hydrogen-bond donors (Lipinski definition) is 0. The summed E-state index contributed by atoms with van der Waals surface area (Å²) >= 11 is 12.0. The third-order valence-electron chi connectivity index (χ3n) is 8.42. The lowest BCUT2D eigenvalue weighted by atomic mass is 9.63. The van der Waals surface area contributed by atoms with E-state index in [9.17, 15) is 14.4 Å². The molecule has 5 nitrogen and oxygen atoms in total. The van der Waals surface area contributed by atoms with Crippen LogP contribution in [-0.2, 0) is 9.59 Å². The zero-order valence-corrected chi connectivity index (χ0v) is 19.0. The smallest absolute Gasteiger partial charge is 0.239 e. The van der Waals surface area contributed by atoms with Crippen molar-refractivity contribution in [1.29, 1.82) is 0 Å². The van der Waals surface area contributed by atoms with Crippen LogP contribution in [0.1, 0.15) is 34.7 Å². The highest BCUT2D eigenvalue weighted by atomic mass is 35.5. The molecule has 2 heterocycles. The molecular formula is C26H20Cl2N2O3. The summed E-state index contributed by atoms with van der Waals surface area (Å²) in [6, 6.07) is 8.58. The quantitative estimate of drug-likeness (QED) is 0.354. The minimum absolute atomic E-state index is 0.0400. The normalized spacial score (nSPS) is 37.2. The van der Waals surface area contributed by atoms with Crippen LogP contribution in [0, 0.1) is 41.4 Å². The maximum Gasteiger partial charge on any atom is 0.239 e. The first-order valence-corrected chi connectivity index (χ1v) is 12.2. The van der Waals surface area contributed by atoms with Gasteiger partial charge in [-0.1, -0.05) is 41.4 Å². The molecule has 0 radical (unpaired) electrons. The third kappa shape index (κ3) is 2.79. The largest absolute Gasteiger partial charge is 0.294 e. The maximum atomic E-state index is 13.3. The second-order valence-electron chi connectivity index (χ2n) is 10.1. The second-order valence-corrected chi connectivity index (χ2v) is 10.9. The molecule has 1 aliphatic heterocycles. The molecule has 8 unspecified atom stereocenters. The standard InChI is InChI=1S/C26H20Cl2N2O3/c27-19-5-1-11(7-20(19)28)24(31)18-8-15(18)12-2-6-21(29-10-12)30-25(32)22-13-3-4-14(17-9-16(13)17)23(22)26(30)33/h1-7,10,13-18,22-23H,8-9H2. The Bertz CT molecular complexity index is 1240. The zero-order chi connectivity index (χ0) is 22.6. The Morgan fingerprint density at radius 1 is 0.909 bits per heavy atom. The molecule has 2 aromatic rings. The van der Waals surface area contributed by atoms with Crippen LogP contribution in [0.5, 0.6) is 0 Å². The number of amides is 2. The summed E-state index contributed by atoms with van der Waals surface area (Å²) in [5.74, 6) is 1.28. The summed E-state index contributed by atoms with van der Waals surface area (Å²) in [6.45, 7) is 0. The highest BCUT2D eigenvalue weighted by Crippen LogP contribution is 2.65. The molecule has 7 heteroatoms. The van der Waals surface area contributed by atoms with Crippen molar-refractivity contribution in [3.8, 4) is 0 Å². The van der Waals surface area contributed by atoms with Crippen LogP contribution >= 0.6 is 23.2 Å². The molecule has 166 valence electrons. The van der Waals surface area contributed by atoms with Gasteiger partial charge in [0.2, 0.25) is 11.8 Å². The highest BCUT2D eigenvalue weighted by Gasteiger charge is 2.67. The lowest BCUT2D eigenvalue weighted by Crippen LogP contribution is -2.40. The number of imide groups is 1. The lowest BCUT2D eigenvalue weighted by molar-refractivity contribution is -0.124. The molecule has 2 bridgehead atoms. The zero-order valence-electron chi connectivity index (χ0n) is 17.5. The average molecular weight is 479 g/mol. The molecule has 0 N–H and O–H groups in total. The molecule has 5 aliphatic carbocycles. The number of allylic oxidation sites excluding steroid dienone is 2. The SMILES string of the molecule is O=C(c1ccc(Cl)c(Cl)c1)C1CC1c1ccc(N2C(=O)C3C4C=CC(C5CC45)C3C2=O)nc1. The van der Waals surface area contributed by atoms with E-state index < -0.39 is 0 Å². The van der Waals surface area contributed by atoms with E-state index in [1.165, 1.54) is 4.90 Å². The van der Waals surface area contributed by atoms with Crippen LogP contribution in [0.3, 0.4) is 0 Å². The molecule has 1 aromatic carbocycles. The monoisotopic (exact) mass is 478 g/mol. The van der Waals surface area contributed by atoms with Crippen LogP contribution in [-0.4, -0.2) is 22.6 Å².